The zero-order valence-corrected chi connectivity index (χ0v) is 14.5. The quantitative estimate of drug-likeness (QED) is 0.791. The van der Waals surface area contributed by atoms with E-state index in [1.54, 1.807) is 9.80 Å². The molecule has 0 bridgehead atoms. The van der Waals surface area contributed by atoms with Crippen LogP contribution in [0.3, 0.4) is 0 Å². The van der Waals surface area contributed by atoms with Crippen molar-refractivity contribution in [3.05, 3.63) is 0 Å². The van der Waals surface area contributed by atoms with Crippen molar-refractivity contribution >= 4 is 12.0 Å². The summed E-state index contributed by atoms with van der Waals surface area (Å²) < 4.78 is 5.67. The second-order valence-electron chi connectivity index (χ2n) is 7.74. The molecule has 3 aliphatic rings. The van der Waals surface area contributed by atoms with Crippen LogP contribution in [0.4, 0.5) is 4.79 Å². The molecule has 0 radical (unpaired) electrons. The summed E-state index contributed by atoms with van der Waals surface area (Å²) >= 11 is 0. The lowest BCUT2D eigenvalue weighted by molar-refractivity contribution is -0.193. The molecule has 0 spiro atoms. The number of nitrogens with zero attached hydrogens (tertiary/aromatic N) is 2. The highest BCUT2D eigenvalue weighted by atomic mass is 16.5. The number of hydrogen-bond acceptors (Lipinski definition) is 4. The smallest absolute Gasteiger partial charge is 0.320 e. The van der Waals surface area contributed by atoms with E-state index in [0.717, 1.165) is 6.42 Å². The summed E-state index contributed by atoms with van der Waals surface area (Å²) in [6.07, 6.45) is 2.85. The Kier molecular flexibility index (Phi) is 4.51. The van der Waals surface area contributed by atoms with Crippen LogP contribution in [0.25, 0.3) is 0 Å². The molecule has 3 fully saturated rings. The number of carboxylic acids is 1. The first-order valence-corrected chi connectivity index (χ1v) is 8.92. The maximum atomic E-state index is 12.9. The fraction of sp³-hybridized carbons (Fsp3) is 0.882. The van der Waals surface area contributed by atoms with Gasteiger partial charge in [-0.3, -0.25) is 4.79 Å². The van der Waals surface area contributed by atoms with E-state index < -0.39 is 17.0 Å². The van der Waals surface area contributed by atoms with Gasteiger partial charge in [-0.05, 0) is 39.5 Å². The van der Waals surface area contributed by atoms with Gasteiger partial charge in [0.1, 0.15) is 0 Å². The molecule has 0 aromatic carbocycles. The summed E-state index contributed by atoms with van der Waals surface area (Å²) in [7, 11) is 0. The number of carboxylic acid groups (broad SMARTS) is 1. The van der Waals surface area contributed by atoms with Crippen LogP contribution in [-0.2, 0) is 9.53 Å². The molecule has 2 amide bonds. The fourth-order valence-electron chi connectivity index (χ4n) is 4.53. The standard InChI is InChI=1S/C17H28N2O5/c1-12-9-19(10-13(2)24-12)15(22)18-8-4-7-17(23,11-18)16(14(20)21)5-3-6-16/h12-13,23H,3-11H2,1-2H3,(H,20,21)/t12-,13+,17?. The Morgan fingerprint density at radius 3 is 2.17 bits per heavy atom. The number of ether oxygens (including phenoxy) is 1. The molecule has 2 N–H and O–H groups in total. The normalized spacial score (nSPS) is 36.1. The van der Waals surface area contributed by atoms with Crippen LogP contribution in [0.5, 0.6) is 0 Å². The molecule has 1 aliphatic carbocycles. The fourth-order valence-corrected chi connectivity index (χ4v) is 4.53. The predicted octanol–water partition coefficient (Wildman–Crippen LogP) is 1.30. The third kappa shape index (κ3) is 2.77. The molecular weight excluding hydrogens is 312 g/mol. The molecule has 24 heavy (non-hydrogen) atoms. The van der Waals surface area contributed by atoms with E-state index >= 15 is 0 Å². The Bertz CT molecular complexity index is 511. The lowest BCUT2D eigenvalue weighted by Crippen LogP contribution is -2.66. The van der Waals surface area contributed by atoms with Crippen LogP contribution in [0.2, 0.25) is 0 Å². The van der Waals surface area contributed by atoms with E-state index in [2.05, 4.69) is 0 Å². The molecule has 2 heterocycles. The van der Waals surface area contributed by atoms with E-state index in [9.17, 15) is 19.8 Å². The Balaban J connectivity index is 1.73. The Morgan fingerprint density at radius 2 is 1.67 bits per heavy atom. The zero-order chi connectivity index (χ0) is 17.5. The number of morpholine rings is 1. The van der Waals surface area contributed by atoms with Crippen molar-refractivity contribution in [2.24, 2.45) is 5.41 Å². The van der Waals surface area contributed by atoms with E-state index in [-0.39, 0.29) is 24.8 Å². The average Bonchev–Trinajstić information content (AvgIpc) is 2.43. The predicted molar refractivity (Wildman–Crippen MR) is 86.7 cm³/mol. The first-order valence-electron chi connectivity index (χ1n) is 8.92. The van der Waals surface area contributed by atoms with Crippen LogP contribution in [0.15, 0.2) is 0 Å². The molecule has 3 rings (SSSR count). The van der Waals surface area contributed by atoms with E-state index in [1.807, 2.05) is 13.8 Å². The Hall–Kier alpha value is -1.34. The highest BCUT2D eigenvalue weighted by Crippen LogP contribution is 2.52. The molecule has 1 saturated carbocycles. The van der Waals surface area contributed by atoms with Crippen LogP contribution in [0, 0.1) is 5.41 Å². The van der Waals surface area contributed by atoms with Gasteiger partial charge in [-0.2, -0.15) is 0 Å². The number of amides is 2. The first-order chi connectivity index (χ1) is 11.3. The molecule has 2 aliphatic heterocycles. The van der Waals surface area contributed by atoms with Crippen molar-refractivity contribution in [3.8, 4) is 0 Å². The van der Waals surface area contributed by atoms with Gasteiger partial charge in [-0.25, -0.2) is 4.79 Å². The molecule has 7 heteroatoms. The molecule has 0 aromatic heterocycles. The van der Waals surface area contributed by atoms with Gasteiger partial charge in [0.15, 0.2) is 0 Å². The van der Waals surface area contributed by atoms with Crippen molar-refractivity contribution < 1.29 is 24.5 Å². The van der Waals surface area contributed by atoms with Crippen LogP contribution in [-0.4, -0.2) is 76.0 Å². The molecular formula is C17H28N2O5. The van der Waals surface area contributed by atoms with Crippen LogP contribution in [0.1, 0.15) is 46.0 Å². The molecule has 3 atom stereocenters. The third-order valence-corrected chi connectivity index (χ3v) is 5.94. The van der Waals surface area contributed by atoms with Crippen molar-refractivity contribution in [1.82, 2.24) is 9.80 Å². The lowest BCUT2D eigenvalue weighted by Gasteiger charge is -2.54. The molecule has 136 valence electrons. The maximum absolute atomic E-state index is 12.9. The van der Waals surface area contributed by atoms with Gasteiger partial charge in [-0.15, -0.1) is 0 Å². The summed E-state index contributed by atoms with van der Waals surface area (Å²) in [5, 5.41) is 20.8. The number of urea groups is 1. The van der Waals surface area contributed by atoms with Crippen LogP contribution < -0.4 is 0 Å². The molecule has 0 aromatic rings. The number of aliphatic carboxylic acids is 1. The lowest BCUT2D eigenvalue weighted by atomic mass is 9.56. The Morgan fingerprint density at radius 1 is 1.04 bits per heavy atom. The highest BCUT2D eigenvalue weighted by molar-refractivity contribution is 5.79. The number of rotatable bonds is 2. The van der Waals surface area contributed by atoms with Gasteiger partial charge in [-0.1, -0.05) is 6.42 Å². The van der Waals surface area contributed by atoms with Crippen molar-refractivity contribution in [2.45, 2.75) is 63.8 Å². The number of carbonyl (C=O) groups is 2. The van der Waals surface area contributed by atoms with Gasteiger partial charge in [0.2, 0.25) is 0 Å². The van der Waals surface area contributed by atoms with Crippen molar-refractivity contribution in [1.29, 1.82) is 0 Å². The van der Waals surface area contributed by atoms with Crippen molar-refractivity contribution in [3.63, 3.8) is 0 Å². The number of likely N-dealkylation sites (tertiary alicyclic amines) is 1. The topological polar surface area (TPSA) is 90.3 Å². The SMILES string of the molecule is C[C@@H]1CN(C(=O)N2CCCC(O)(C3(C(=O)O)CCC3)C2)C[C@H](C)O1. The maximum Gasteiger partial charge on any atom is 0.320 e. The second kappa shape index (κ2) is 6.19. The van der Waals surface area contributed by atoms with E-state index in [0.29, 0.717) is 45.3 Å². The number of carbonyl (C=O) groups excluding carboxylic acids is 1. The number of aliphatic hydroxyl groups is 1. The van der Waals surface area contributed by atoms with Gasteiger partial charge in [0.25, 0.3) is 0 Å². The zero-order valence-electron chi connectivity index (χ0n) is 14.5. The summed E-state index contributed by atoms with van der Waals surface area (Å²) in [5.74, 6) is -0.931. The summed E-state index contributed by atoms with van der Waals surface area (Å²) in [4.78, 5) is 28.1. The minimum Gasteiger partial charge on any atom is -0.481 e. The number of β-amino-alcohol motifs (C(OH)–C–C–N with tert-alkyl or cyclic N) is 1. The minimum atomic E-state index is -1.32. The third-order valence-electron chi connectivity index (χ3n) is 5.94. The van der Waals surface area contributed by atoms with Crippen molar-refractivity contribution in [2.75, 3.05) is 26.2 Å². The summed E-state index contributed by atoms with van der Waals surface area (Å²) in [5.41, 5.74) is -2.41. The Labute approximate surface area is 142 Å². The van der Waals surface area contributed by atoms with E-state index in [1.165, 1.54) is 0 Å². The number of piperidine rings is 1. The van der Waals surface area contributed by atoms with Gasteiger partial charge in [0, 0.05) is 19.6 Å². The van der Waals surface area contributed by atoms with Gasteiger partial charge in [0.05, 0.1) is 29.8 Å². The second-order valence-corrected chi connectivity index (χ2v) is 7.74. The molecule has 7 nitrogen and oxygen atoms in total. The highest BCUT2D eigenvalue weighted by Gasteiger charge is 2.61. The number of hydrogen-bond donors (Lipinski definition) is 2. The van der Waals surface area contributed by atoms with Crippen LogP contribution >= 0.6 is 0 Å². The molecule has 2 saturated heterocycles. The minimum absolute atomic E-state index is 0.0154. The van der Waals surface area contributed by atoms with Gasteiger partial charge < -0.3 is 24.7 Å². The monoisotopic (exact) mass is 340 g/mol. The summed E-state index contributed by atoms with van der Waals surface area (Å²) in [6.45, 7) is 5.62. The van der Waals surface area contributed by atoms with Gasteiger partial charge >= 0.3 is 12.0 Å². The average molecular weight is 340 g/mol. The summed E-state index contributed by atoms with van der Waals surface area (Å²) in [6, 6.07) is -0.116. The molecule has 1 unspecified atom stereocenters. The largest absolute Gasteiger partial charge is 0.481 e. The first kappa shape index (κ1) is 17.5. The van der Waals surface area contributed by atoms with E-state index in [4.69, 9.17) is 4.74 Å².